The maximum Gasteiger partial charge on any atom is 0.161 e. The van der Waals surface area contributed by atoms with E-state index in [1.54, 1.807) is 0 Å². The van der Waals surface area contributed by atoms with Gasteiger partial charge in [0.15, 0.2) is 5.75 Å². The fourth-order valence-corrected chi connectivity index (χ4v) is 1.56. The zero-order valence-electron chi connectivity index (χ0n) is 6.74. The molecule has 0 spiro atoms. The lowest BCUT2D eigenvalue weighted by Crippen LogP contribution is -1.68. The summed E-state index contributed by atoms with van der Waals surface area (Å²) in [5.74, 6) is 0.187. The molecule has 13 heavy (non-hydrogen) atoms. The number of furan rings is 1. The van der Waals surface area contributed by atoms with Gasteiger partial charge in [0.1, 0.15) is 11.8 Å². The summed E-state index contributed by atoms with van der Waals surface area (Å²) in [4.78, 5) is 3.08. The van der Waals surface area contributed by atoms with Crippen LogP contribution in [0.15, 0.2) is 35.1 Å². The van der Waals surface area contributed by atoms with E-state index in [2.05, 4.69) is 4.98 Å². The van der Waals surface area contributed by atoms with Gasteiger partial charge >= 0.3 is 0 Å². The highest BCUT2D eigenvalue weighted by Gasteiger charge is 2.05. The van der Waals surface area contributed by atoms with Crippen molar-refractivity contribution in [3.63, 3.8) is 0 Å². The van der Waals surface area contributed by atoms with Crippen LogP contribution in [0.5, 0.6) is 5.75 Å². The molecule has 2 N–H and O–H groups in total. The van der Waals surface area contributed by atoms with E-state index in [1.807, 2.05) is 24.4 Å². The van der Waals surface area contributed by atoms with E-state index in [1.165, 1.54) is 6.26 Å². The van der Waals surface area contributed by atoms with Crippen LogP contribution in [-0.2, 0) is 0 Å². The van der Waals surface area contributed by atoms with Crippen LogP contribution < -0.4 is 0 Å². The molecule has 64 valence electrons. The van der Waals surface area contributed by atoms with Crippen LogP contribution in [0.2, 0.25) is 0 Å². The second kappa shape index (κ2) is 2.07. The summed E-state index contributed by atoms with van der Waals surface area (Å²) in [6.07, 6.45) is 3.21. The highest BCUT2D eigenvalue weighted by atomic mass is 16.4. The molecule has 0 unspecified atom stereocenters. The number of H-pyrrole nitrogens is 1. The molecule has 0 saturated carbocycles. The summed E-state index contributed by atoms with van der Waals surface area (Å²) < 4.78 is 5.16. The predicted octanol–water partition coefficient (Wildman–Crippen LogP) is 2.62. The largest absolute Gasteiger partial charge is 0.504 e. The minimum atomic E-state index is 0.187. The molecule has 0 amide bonds. The minimum absolute atomic E-state index is 0.187. The van der Waals surface area contributed by atoms with Crippen molar-refractivity contribution >= 4 is 21.9 Å². The van der Waals surface area contributed by atoms with Crippen molar-refractivity contribution in [2.75, 3.05) is 0 Å². The molecule has 0 atom stereocenters. The zero-order valence-corrected chi connectivity index (χ0v) is 6.74. The van der Waals surface area contributed by atoms with Gasteiger partial charge in [0.2, 0.25) is 0 Å². The zero-order chi connectivity index (χ0) is 8.84. The van der Waals surface area contributed by atoms with Gasteiger partial charge in [0.05, 0.1) is 5.39 Å². The molecule has 1 aromatic carbocycles. The Morgan fingerprint density at radius 2 is 2.23 bits per heavy atom. The van der Waals surface area contributed by atoms with Crippen LogP contribution in [0.1, 0.15) is 0 Å². The first-order valence-corrected chi connectivity index (χ1v) is 4.02. The van der Waals surface area contributed by atoms with Crippen molar-refractivity contribution in [2.24, 2.45) is 0 Å². The molecule has 3 nitrogen and oxygen atoms in total. The molecule has 0 aliphatic rings. The maximum absolute atomic E-state index is 9.40. The van der Waals surface area contributed by atoms with E-state index in [4.69, 9.17) is 4.42 Å². The highest BCUT2D eigenvalue weighted by Crippen LogP contribution is 2.30. The van der Waals surface area contributed by atoms with Crippen molar-refractivity contribution in [3.8, 4) is 5.75 Å². The first-order chi connectivity index (χ1) is 6.34. The minimum Gasteiger partial charge on any atom is -0.504 e. The average molecular weight is 173 g/mol. The van der Waals surface area contributed by atoms with Gasteiger partial charge in [-0.3, -0.25) is 0 Å². The number of fused-ring (bicyclic) bond motifs is 2. The molecule has 0 aliphatic heterocycles. The molecule has 2 heterocycles. The molecule has 0 fully saturated rings. The van der Waals surface area contributed by atoms with Crippen LogP contribution >= 0.6 is 0 Å². The fraction of sp³-hybridized carbons (Fsp3) is 0. The van der Waals surface area contributed by atoms with Crippen LogP contribution in [0.4, 0.5) is 0 Å². The highest BCUT2D eigenvalue weighted by molar-refractivity contribution is 5.96. The summed E-state index contributed by atoms with van der Waals surface area (Å²) in [5, 5.41) is 11.2. The van der Waals surface area contributed by atoms with E-state index in [0.29, 0.717) is 5.58 Å². The fourth-order valence-electron chi connectivity index (χ4n) is 1.56. The molecule has 3 aromatic rings. The second-order valence-corrected chi connectivity index (χ2v) is 3.03. The van der Waals surface area contributed by atoms with Crippen LogP contribution in [0, 0.1) is 0 Å². The third kappa shape index (κ3) is 0.783. The monoisotopic (exact) mass is 173 g/mol. The van der Waals surface area contributed by atoms with Gasteiger partial charge in [-0.25, -0.2) is 0 Å². The van der Waals surface area contributed by atoms with Gasteiger partial charge in [-0.2, -0.15) is 0 Å². The van der Waals surface area contributed by atoms with Crippen LogP contribution in [0.3, 0.4) is 0 Å². The van der Waals surface area contributed by atoms with Gasteiger partial charge in [-0.1, -0.05) is 0 Å². The summed E-state index contributed by atoms with van der Waals surface area (Å²) in [6, 6.07) is 5.75. The smallest absolute Gasteiger partial charge is 0.161 e. The quantitative estimate of drug-likeness (QED) is 0.549. The number of nitrogens with one attached hydrogen (secondary N) is 1. The first-order valence-electron chi connectivity index (χ1n) is 4.02. The van der Waals surface area contributed by atoms with Gasteiger partial charge < -0.3 is 14.5 Å². The Morgan fingerprint density at radius 1 is 1.31 bits per heavy atom. The molecule has 0 saturated heterocycles. The number of hydrogen-bond acceptors (Lipinski definition) is 2. The van der Waals surface area contributed by atoms with Crippen LogP contribution in [0.25, 0.3) is 21.9 Å². The Kier molecular flexibility index (Phi) is 1.05. The third-order valence-electron chi connectivity index (χ3n) is 2.23. The molecule has 3 rings (SSSR count). The van der Waals surface area contributed by atoms with Crippen molar-refractivity contribution in [3.05, 3.63) is 30.7 Å². The molecule has 0 bridgehead atoms. The standard InChI is InChI=1S/C10H7NO2/c12-9-5-13-10-3-6-1-2-11-8(6)4-7(9)10/h1-5,11-12H. The summed E-state index contributed by atoms with van der Waals surface area (Å²) >= 11 is 0. The Balaban J connectivity index is 2.59. The average Bonchev–Trinajstić information content (AvgIpc) is 2.70. The molecular weight excluding hydrogens is 166 g/mol. The van der Waals surface area contributed by atoms with E-state index >= 15 is 0 Å². The summed E-state index contributed by atoms with van der Waals surface area (Å²) in [7, 11) is 0. The SMILES string of the molecule is Oc1coc2cc3cc[nH]c3cc12. The number of aromatic nitrogens is 1. The lowest BCUT2D eigenvalue weighted by molar-refractivity contribution is 0.464. The van der Waals surface area contributed by atoms with E-state index in [0.717, 1.165) is 16.3 Å². The third-order valence-corrected chi connectivity index (χ3v) is 2.23. The summed E-state index contributed by atoms with van der Waals surface area (Å²) in [5.41, 5.74) is 1.72. The summed E-state index contributed by atoms with van der Waals surface area (Å²) in [6.45, 7) is 0. The first kappa shape index (κ1) is 6.60. The predicted molar refractivity (Wildman–Crippen MR) is 49.7 cm³/mol. The number of aromatic hydroxyl groups is 1. The van der Waals surface area contributed by atoms with Crippen molar-refractivity contribution in [1.29, 1.82) is 0 Å². The Bertz CT molecular complexity index is 577. The van der Waals surface area contributed by atoms with Gasteiger partial charge in [-0.05, 0) is 18.2 Å². The van der Waals surface area contributed by atoms with E-state index in [9.17, 15) is 5.11 Å². The van der Waals surface area contributed by atoms with Gasteiger partial charge in [-0.15, -0.1) is 0 Å². The number of aromatic amines is 1. The van der Waals surface area contributed by atoms with Crippen LogP contribution in [-0.4, -0.2) is 10.1 Å². The molecular formula is C10H7NO2. The number of rotatable bonds is 0. The molecule has 3 heteroatoms. The number of benzene rings is 1. The van der Waals surface area contributed by atoms with Crippen molar-refractivity contribution in [2.45, 2.75) is 0 Å². The maximum atomic E-state index is 9.40. The van der Waals surface area contributed by atoms with E-state index < -0.39 is 0 Å². The Hall–Kier alpha value is -1.90. The van der Waals surface area contributed by atoms with Crippen molar-refractivity contribution < 1.29 is 9.52 Å². The second-order valence-electron chi connectivity index (χ2n) is 3.03. The Morgan fingerprint density at radius 3 is 3.15 bits per heavy atom. The lowest BCUT2D eigenvalue weighted by atomic mass is 10.2. The molecule has 2 aromatic heterocycles. The van der Waals surface area contributed by atoms with Gasteiger partial charge in [0, 0.05) is 17.1 Å². The molecule has 0 aliphatic carbocycles. The lowest BCUT2D eigenvalue weighted by Gasteiger charge is -1.90. The Labute approximate surface area is 73.6 Å². The normalized spacial score (nSPS) is 11.4. The molecule has 0 radical (unpaired) electrons. The number of hydrogen-bond donors (Lipinski definition) is 2. The van der Waals surface area contributed by atoms with Crippen molar-refractivity contribution in [1.82, 2.24) is 4.98 Å². The van der Waals surface area contributed by atoms with Gasteiger partial charge in [0.25, 0.3) is 0 Å². The van der Waals surface area contributed by atoms with E-state index in [-0.39, 0.29) is 5.75 Å². The topological polar surface area (TPSA) is 49.2 Å².